The third kappa shape index (κ3) is 3.94. The second-order valence-corrected chi connectivity index (χ2v) is 6.38. The second kappa shape index (κ2) is 6.88. The topological polar surface area (TPSA) is 35.5 Å². The van der Waals surface area contributed by atoms with Crippen LogP contribution >= 0.6 is 0 Å². The van der Waals surface area contributed by atoms with Crippen molar-refractivity contribution in [1.82, 2.24) is 10.2 Å². The number of piperidine rings is 1. The zero-order chi connectivity index (χ0) is 13.0. The number of aliphatic hydroxyl groups is 1. The molecule has 0 bridgehead atoms. The van der Waals surface area contributed by atoms with Gasteiger partial charge in [-0.05, 0) is 52.6 Å². The number of nitrogens with one attached hydrogen (secondary N) is 1. The molecule has 0 aromatic carbocycles. The van der Waals surface area contributed by atoms with Crippen LogP contribution in [0.4, 0.5) is 0 Å². The van der Waals surface area contributed by atoms with Gasteiger partial charge in [-0.15, -0.1) is 0 Å². The summed E-state index contributed by atoms with van der Waals surface area (Å²) < 4.78 is 0. The number of likely N-dealkylation sites (tertiary alicyclic amines) is 1. The number of hydrogen-bond donors (Lipinski definition) is 2. The molecule has 0 aromatic heterocycles. The van der Waals surface area contributed by atoms with Gasteiger partial charge in [-0.2, -0.15) is 0 Å². The van der Waals surface area contributed by atoms with E-state index in [2.05, 4.69) is 24.1 Å². The van der Waals surface area contributed by atoms with Crippen LogP contribution in [-0.2, 0) is 0 Å². The van der Waals surface area contributed by atoms with Crippen LogP contribution in [0.5, 0.6) is 0 Å². The van der Waals surface area contributed by atoms with Gasteiger partial charge in [0.05, 0.1) is 6.10 Å². The van der Waals surface area contributed by atoms with Crippen LogP contribution in [0.3, 0.4) is 0 Å². The van der Waals surface area contributed by atoms with Gasteiger partial charge in [-0.3, -0.25) is 0 Å². The monoisotopic (exact) mass is 254 g/mol. The van der Waals surface area contributed by atoms with E-state index in [0.29, 0.717) is 18.1 Å². The van der Waals surface area contributed by atoms with Crippen molar-refractivity contribution in [3.05, 3.63) is 0 Å². The van der Waals surface area contributed by atoms with Crippen molar-refractivity contribution in [2.45, 2.75) is 83.0 Å². The van der Waals surface area contributed by atoms with Gasteiger partial charge >= 0.3 is 0 Å². The van der Waals surface area contributed by atoms with Crippen molar-refractivity contribution in [2.75, 3.05) is 13.1 Å². The molecule has 1 saturated heterocycles. The predicted octanol–water partition coefficient (Wildman–Crippen LogP) is 2.14. The molecule has 2 unspecified atom stereocenters. The smallest absolute Gasteiger partial charge is 0.0693 e. The van der Waals surface area contributed by atoms with Gasteiger partial charge in [0.2, 0.25) is 0 Å². The minimum Gasteiger partial charge on any atom is -0.392 e. The molecule has 0 aromatic rings. The maximum absolute atomic E-state index is 10.1. The quantitative estimate of drug-likeness (QED) is 0.758. The Kier molecular flexibility index (Phi) is 5.46. The standard InChI is InChI=1S/C15H30N2O/c1-12(2)17-10-8-13(9-11-17)16-14-6-4-3-5-7-15(14)18/h12-16,18H,3-11H2,1-2H3. The normalized spacial score (nSPS) is 32.7. The first-order chi connectivity index (χ1) is 8.66. The van der Waals surface area contributed by atoms with E-state index < -0.39 is 0 Å². The highest BCUT2D eigenvalue weighted by atomic mass is 16.3. The molecule has 3 nitrogen and oxygen atoms in total. The molecular weight excluding hydrogens is 224 g/mol. The Balaban J connectivity index is 1.76. The molecule has 2 atom stereocenters. The molecule has 18 heavy (non-hydrogen) atoms. The largest absolute Gasteiger partial charge is 0.392 e. The van der Waals surface area contributed by atoms with E-state index in [0.717, 1.165) is 12.8 Å². The molecule has 2 N–H and O–H groups in total. The van der Waals surface area contributed by atoms with E-state index in [1.807, 2.05) is 0 Å². The molecule has 0 radical (unpaired) electrons. The fraction of sp³-hybridized carbons (Fsp3) is 1.00. The Bertz CT molecular complexity index is 237. The lowest BCUT2D eigenvalue weighted by atomic mass is 9.99. The summed E-state index contributed by atoms with van der Waals surface area (Å²) in [6, 6.07) is 1.65. The number of aliphatic hydroxyl groups excluding tert-OH is 1. The lowest BCUT2D eigenvalue weighted by Crippen LogP contribution is -2.50. The van der Waals surface area contributed by atoms with E-state index in [1.54, 1.807) is 0 Å². The highest BCUT2D eigenvalue weighted by Gasteiger charge is 2.26. The second-order valence-electron chi connectivity index (χ2n) is 6.38. The van der Waals surface area contributed by atoms with E-state index in [1.165, 1.54) is 45.2 Å². The fourth-order valence-corrected chi connectivity index (χ4v) is 3.37. The van der Waals surface area contributed by atoms with Crippen LogP contribution in [0.15, 0.2) is 0 Å². The minimum atomic E-state index is -0.115. The van der Waals surface area contributed by atoms with E-state index >= 15 is 0 Å². The van der Waals surface area contributed by atoms with Crippen molar-refractivity contribution in [2.24, 2.45) is 0 Å². The summed E-state index contributed by atoms with van der Waals surface area (Å²) in [6.07, 6.45) is 8.28. The van der Waals surface area contributed by atoms with Gasteiger partial charge in [0, 0.05) is 18.1 Å². The molecule has 0 amide bonds. The molecular formula is C15H30N2O. The summed E-state index contributed by atoms with van der Waals surface area (Å²) in [5.74, 6) is 0. The van der Waals surface area contributed by atoms with Gasteiger partial charge in [-0.1, -0.05) is 19.3 Å². The first-order valence-corrected chi connectivity index (χ1v) is 7.85. The van der Waals surface area contributed by atoms with Crippen molar-refractivity contribution in [1.29, 1.82) is 0 Å². The van der Waals surface area contributed by atoms with Crippen LogP contribution in [0.25, 0.3) is 0 Å². The Morgan fingerprint density at radius 1 is 1.00 bits per heavy atom. The maximum atomic E-state index is 10.1. The summed E-state index contributed by atoms with van der Waals surface area (Å²) >= 11 is 0. The van der Waals surface area contributed by atoms with Crippen molar-refractivity contribution >= 4 is 0 Å². The van der Waals surface area contributed by atoms with Gasteiger partial charge < -0.3 is 15.3 Å². The van der Waals surface area contributed by atoms with Crippen molar-refractivity contribution in [3.63, 3.8) is 0 Å². The Morgan fingerprint density at radius 3 is 2.33 bits per heavy atom. The molecule has 2 aliphatic rings. The molecule has 0 spiro atoms. The Labute approximate surface area is 112 Å². The molecule has 2 rings (SSSR count). The molecule has 1 aliphatic carbocycles. The highest BCUT2D eigenvalue weighted by Crippen LogP contribution is 2.20. The molecule has 1 saturated carbocycles. The first-order valence-electron chi connectivity index (χ1n) is 7.85. The zero-order valence-electron chi connectivity index (χ0n) is 12.1. The molecule has 106 valence electrons. The summed E-state index contributed by atoms with van der Waals surface area (Å²) in [5.41, 5.74) is 0. The average molecular weight is 254 g/mol. The van der Waals surface area contributed by atoms with E-state index in [4.69, 9.17) is 0 Å². The molecule has 3 heteroatoms. The Morgan fingerprint density at radius 2 is 1.67 bits per heavy atom. The molecule has 1 aliphatic heterocycles. The highest BCUT2D eigenvalue weighted by molar-refractivity contribution is 4.86. The third-order valence-electron chi connectivity index (χ3n) is 4.69. The zero-order valence-corrected chi connectivity index (χ0v) is 12.1. The lowest BCUT2D eigenvalue weighted by Gasteiger charge is -2.37. The van der Waals surface area contributed by atoms with Gasteiger partial charge in [0.15, 0.2) is 0 Å². The van der Waals surface area contributed by atoms with Crippen molar-refractivity contribution < 1.29 is 5.11 Å². The van der Waals surface area contributed by atoms with Crippen molar-refractivity contribution in [3.8, 4) is 0 Å². The number of hydrogen-bond acceptors (Lipinski definition) is 3. The predicted molar refractivity (Wildman–Crippen MR) is 75.7 cm³/mol. The maximum Gasteiger partial charge on any atom is 0.0693 e. The lowest BCUT2D eigenvalue weighted by molar-refractivity contribution is 0.0971. The van der Waals surface area contributed by atoms with E-state index in [-0.39, 0.29) is 6.10 Å². The van der Waals surface area contributed by atoms with Crippen LogP contribution < -0.4 is 5.32 Å². The molecule has 1 heterocycles. The number of nitrogens with zero attached hydrogens (tertiary/aromatic N) is 1. The Hall–Kier alpha value is -0.120. The average Bonchev–Trinajstić information content (AvgIpc) is 2.56. The van der Waals surface area contributed by atoms with Gasteiger partial charge in [-0.25, -0.2) is 0 Å². The SMILES string of the molecule is CC(C)N1CCC(NC2CCCCCC2O)CC1. The van der Waals surface area contributed by atoms with Gasteiger partial charge in [0.25, 0.3) is 0 Å². The van der Waals surface area contributed by atoms with Crippen LogP contribution in [0.1, 0.15) is 58.8 Å². The minimum absolute atomic E-state index is 0.115. The van der Waals surface area contributed by atoms with Crippen LogP contribution in [0.2, 0.25) is 0 Å². The van der Waals surface area contributed by atoms with E-state index in [9.17, 15) is 5.11 Å². The van der Waals surface area contributed by atoms with Crippen LogP contribution in [-0.4, -0.2) is 47.3 Å². The summed E-state index contributed by atoms with van der Waals surface area (Å²) in [4.78, 5) is 2.56. The third-order valence-corrected chi connectivity index (χ3v) is 4.69. The first kappa shape index (κ1) is 14.3. The van der Waals surface area contributed by atoms with Crippen LogP contribution in [0, 0.1) is 0 Å². The number of rotatable bonds is 3. The summed E-state index contributed by atoms with van der Waals surface area (Å²) in [5, 5.41) is 13.9. The van der Waals surface area contributed by atoms with Gasteiger partial charge in [0.1, 0.15) is 0 Å². The summed E-state index contributed by atoms with van der Waals surface area (Å²) in [6.45, 7) is 6.97. The molecule has 2 fully saturated rings. The fourth-order valence-electron chi connectivity index (χ4n) is 3.37. The summed E-state index contributed by atoms with van der Waals surface area (Å²) in [7, 11) is 0.